The van der Waals surface area contributed by atoms with E-state index in [9.17, 15) is 10.2 Å². The zero-order valence-corrected chi connectivity index (χ0v) is 10.1. The molecule has 0 saturated heterocycles. The number of rotatable bonds is 5. The SMILES string of the molecule is OC(CNCC1CCCC1O)c1cccs1. The fourth-order valence-electron chi connectivity index (χ4n) is 2.24. The first-order chi connectivity index (χ1) is 7.77. The lowest BCUT2D eigenvalue weighted by molar-refractivity contribution is 0.125. The second-order valence-electron chi connectivity index (χ2n) is 4.45. The van der Waals surface area contributed by atoms with Crippen molar-refractivity contribution in [2.24, 2.45) is 5.92 Å². The first kappa shape index (κ1) is 12.0. The number of hydrogen-bond donors (Lipinski definition) is 3. The molecule has 0 aliphatic heterocycles. The molecule has 2 rings (SSSR count). The number of aliphatic hydroxyl groups is 2. The lowest BCUT2D eigenvalue weighted by Crippen LogP contribution is -2.30. The van der Waals surface area contributed by atoms with E-state index in [0.29, 0.717) is 12.5 Å². The van der Waals surface area contributed by atoms with Crippen LogP contribution in [0.4, 0.5) is 0 Å². The molecule has 0 radical (unpaired) electrons. The van der Waals surface area contributed by atoms with Crippen LogP contribution in [-0.2, 0) is 0 Å². The maximum atomic E-state index is 9.83. The van der Waals surface area contributed by atoms with Gasteiger partial charge in [-0.2, -0.15) is 0 Å². The van der Waals surface area contributed by atoms with Gasteiger partial charge in [0.15, 0.2) is 0 Å². The van der Waals surface area contributed by atoms with Crippen molar-refractivity contribution >= 4 is 11.3 Å². The standard InChI is InChI=1S/C12H19NO2S/c14-10-4-1-3-9(10)7-13-8-11(15)12-5-2-6-16-12/h2,5-6,9-11,13-15H,1,3-4,7-8H2. The number of aliphatic hydroxyl groups excluding tert-OH is 2. The van der Waals surface area contributed by atoms with Gasteiger partial charge in [0, 0.05) is 18.0 Å². The molecule has 1 aromatic heterocycles. The van der Waals surface area contributed by atoms with Gasteiger partial charge in [0.2, 0.25) is 0 Å². The lowest BCUT2D eigenvalue weighted by atomic mass is 10.1. The Labute approximate surface area is 100 Å². The quantitative estimate of drug-likeness (QED) is 0.733. The lowest BCUT2D eigenvalue weighted by Gasteiger charge is -2.16. The van der Waals surface area contributed by atoms with Crippen LogP contribution in [0.15, 0.2) is 17.5 Å². The van der Waals surface area contributed by atoms with Crippen molar-refractivity contribution in [3.63, 3.8) is 0 Å². The fourth-order valence-corrected chi connectivity index (χ4v) is 2.95. The van der Waals surface area contributed by atoms with Crippen LogP contribution in [0.2, 0.25) is 0 Å². The number of nitrogens with one attached hydrogen (secondary N) is 1. The molecule has 16 heavy (non-hydrogen) atoms. The van der Waals surface area contributed by atoms with Crippen molar-refractivity contribution in [3.05, 3.63) is 22.4 Å². The maximum absolute atomic E-state index is 9.83. The number of thiophene rings is 1. The van der Waals surface area contributed by atoms with Crippen molar-refractivity contribution in [2.45, 2.75) is 31.5 Å². The molecule has 0 bridgehead atoms. The van der Waals surface area contributed by atoms with E-state index in [1.54, 1.807) is 11.3 Å². The number of hydrogen-bond acceptors (Lipinski definition) is 4. The molecule has 3 N–H and O–H groups in total. The summed E-state index contributed by atoms with van der Waals surface area (Å²) in [6, 6.07) is 3.89. The highest BCUT2D eigenvalue weighted by Gasteiger charge is 2.24. The third-order valence-corrected chi connectivity index (χ3v) is 4.21. The van der Waals surface area contributed by atoms with Crippen LogP contribution < -0.4 is 5.32 Å². The van der Waals surface area contributed by atoms with Crippen LogP contribution in [0.5, 0.6) is 0 Å². The van der Waals surface area contributed by atoms with Crippen LogP contribution in [0.3, 0.4) is 0 Å². The van der Waals surface area contributed by atoms with Crippen LogP contribution >= 0.6 is 11.3 Å². The smallest absolute Gasteiger partial charge is 0.101 e. The van der Waals surface area contributed by atoms with Gasteiger partial charge in [0.25, 0.3) is 0 Å². The predicted molar refractivity (Wildman–Crippen MR) is 65.5 cm³/mol. The van der Waals surface area contributed by atoms with E-state index in [2.05, 4.69) is 5.32 Å². The van der Waals surface area contributed by atoms with Crippen LogP contribution in [0.1, 0.15) is 30.2 Å². The van der Waals surface area contributed by atoms with E-state index in [1.165, 1.54) is 0 Å². The van der Waals surface area contributed by atoms with E-state index in [0.717, 1.165) is 30.7 Å². The Bertz CT molecular complexity index is 302. The average Bonchev–Trinajstić information content (AvgIpc) is 2.90. The molecule has 3 unspecified atom stereocenters. The molecule has 1 saturated carbocycles. The van der Waals surface area contributed by atoms with Gasteiger partial charge in [0.1, 0.15) is 6.10 Å². The minimum Gasteiger partial charge on any atom is -0.393 e. The molecule has 0 aromatic carbocycles. The van der Waals surface area contributed by atoms with E-state index in [-0.39, 0.29) is 6.10 Å². The normalized spacial score (nSPS) is 27.1. The highest BCUT2D eigenvalue weighted by molar-refractivity contribution is 7.10. The van der Waals surface area contributed by atoms with E-state index in [4.69, 9.17) is 0 Å². The summed E-state index contributed by atoms with van der Waals surface area (Å²) in [6.07, 6.45) is 2.59. The molecule has 4 heteroatoms. The van der Waals surface area contributed by atoms with Gasteiger partial charge < -0.3 is 15.5 Å². The Balaban J connectivity index is 1.68. The summed E-state index contributed by atoms with van der Waals surface area (Å²) in [5.74, 6) is 0.371. The minimum atomic E-state index is -0.418. The Morgan fingerprint density at radius 1 is 1.50 bits per heavy atom. The van der Waals surface area contributed by atoms with Gasteiger partial charge in [-0.1, -0.05) is 12.5 Å². The molecule has 1 heterocycles. The van der Waals surface area contributed by atoms with E-state index >= 15 is 0 Å². The molecule has 1 fully saturated rings. The Morgan fingerprint density at radius 3 is 3.00 bits per heavy atom. The second-order valence-corrected chi connectivity index (χ2v) is 5.43. The Hall–Kier alpha value is -0.420. The molecular formula is C12H19NO2S. The predicted octanol–water partition coefficient (Wildman–Crippen LogP) is 1.53. The topological polar surface area (TPSA) is 52.5 Å². The van der Waals surface area contributed by atoms with Crippen LogP contribution in [-0.4, -0.2) is 29.4 Å². The largest absolute Gasteiger partial charge is 0.393 e. The van der Waals surface area contributed by atoms with Crippen molar-refractivity contribution < 1.29 is 10.2 Å². The average molecular weight is 241 g/mol. The van der Waals surface area contributed by atoms with Gasteiger partial charge in [-0.25, -0.2) is 0 Å². The first-order valence-electron chi connectivity index (χ1n) is 5.87. The van der Waals surface area contributed by atoms with E-state index in [1.807, 2.05) is 17.5 Å². The Morgan fingerprint density at radius 2 is 2.38 bits per heavy atom. The third kappa shape index (κ3) is 3.04. The van der Waals surface area contributed by atoms with Gasteiger partial charge in [-0.05, 0) is 30.2 Å². The van der Waals surface area contributed by atoms with Gasteiger partial charge in [0.05, 0.1) is 6.10 Å². The summed E-state index contributed by atoms with van der Waals surface area (Å²) < 4.78 is 0. The first-order valence-corrected chi connectivity index (χ1v) is 6.75. The molecular weight excluding hydrogens is 222 g/mol. The van der Waals surface area contributed by atoms with Gasteiger partial charge in [-0.15, -0.1) is 11.3 Å². The molecule has 1 aromatic rings. The van der Waals surface area contributed by atoms with Crippen LogP contribution in [0, 0.1) is 5.92 Å². The molecule has 0 amide bonds. The zero-order chi connectivity index (χ0) is 11.4. The molecule has 1 aliphatic carbocycles. The van der Waals surface area contributed by atoms with Crippen molar-refractivity contribution in [1.82, 2.24) is 5.32 Å². The summed E-state index contributed by atoms with van der Waals surface area (Å²) in [5.41, 5.74) is 0. The minimum absolute atomic E-state index is 0.147. The van der Waals surface area contributed by atoms with E-state index < -0.39 is 6.10 Å². The molecule has 0 spiro atoms. The third-order valence-electron chi connectivity index (χ3n) is 3.23. The molecule has 90 valence electrons. The van der Waals surface area contributed by atoms with Gasteiger partial charge >= 0.3 is 0 Å². The molecule has 3 atom stereocenters. The van der Waals surface area contributed by atoms with Gasteiger partial charge in [-0.3, -0.25) is 0 Å². The second kappa shape index (κ2) is 5.77. The highest BCUT2D eigenvalue weighted by atomic mass is 32.1. The summed E-state index contributed by atoms with van der Waals surface area (Å²) in [7, 11) is 0. The molecule has 1 aliphatic rings. The zero-order valence-electron chi connectivity index (χ0n) is 9.30. The maximum Gasteiger partial charge on any atom is 0.101 e. The summed E-state index contributed by atoms with van der Waals surface area (Å²) in [6.45, 7) is 1.38. The van der Waals surface area contributed by atoms with Crippen molar-refractivity contribution in [2.75, 3.05) is 13.1 Å². The summed E-state index contributed by atoms with van der Waals surface area (Å²) in [5, 5.41) is 24.7. The van der Waals surface area contributed by atoms with Crippen LogP contribution in [0.25, 0.3) is 0 Å². The monoisotopic (exact) mass is 241 g/mol. The van der Waals surface area contributed by atoms with Crippen molar-refractivity contribution in [1.29, 1.82) is 0 Å². The molecule has 3 nitrogen and oxygen atoms in total. The summed E-state index contributed by atoms with van der Waals surface area (Å²) in [4.78, 5) is 1.000. The fraction of sp³-hybridized carbons (Fsp3) is 0.667. The highest BCUT2D eigenvalue weighted by Crippen LogP contribution is 2.25. The Kier molecular flexibility index (Phi) is 4.35. The summed E-state index contributed by atoms with van der Waals surface area (Å²) >= 11 is 1.57. The van der Waals surface area contributed by atoms with Crippen molar-refractivity contribution in [3.8, 4) is 0 Å².